The summed E-state index contributed by atoms with van der Waals surface area (Å²) in [5.41, 5.74) is 0.996. The number of hydrogen-bond donors (Lipinski definition) is 2. The first kappa shape index (κ1) is 12.6. The van der Waals surface area contributed by atoms with Crippen LogP contribution in [0.25, 0.3) is 0 Å². The predicted molar refractivity (Wildman–Crippen MR) is 69.1 cm³/mol. The number of fused-ring (bicyclic) bond motifs is 3. The molecule has 0 unspecified atom stereocenters. The molecule has 1 fully saturated rings. The van der Waals surface area contributed by atoms with Gasteiger partial charge in [-0.25, -0.2) is 4.79 Å². The average Bonchev–Trinajstić information content (AvgIpc) is 2.77. The Morgan fingerprint density at radius 1 is 1.53 bits per heavy atom. The van der Waals surface area contributed by atoms with Crippen molar-refractivity contribution in [2.75, 3.05) is 6.61 Å². The van der Waals surface area contributed by atoms with Crippen LogP contribution in [0.4, 0.5) is 0 Å². The first-order valence-electron chi connectivity index (χ1n) is 6.58. The zero-order chi connectivity index (χ0) is 13.8. The molecule has 4 heteroatoms. The second-order valence-corrected chi connectivity index (χ2v) is 5.68. The third kappa shape index (κ3) is 1.56. The summed E-state index contributed by atoms with van der Waals surface area (Å²) in [7, 11) is 0. The number of rotatable bonds is 1. The smallest absolute Gasteiger partial charge is 0.334 e. The molecular weight excluding hydrogens is 244 g/mol. The molecule has 4 nitrogen and oxygen atoms in total. The molecule has 0 bridgehead atoms. The van der Waals surface area contributed by atoms with E-state index in [1.807, 2.05) is 19.1 Å². The lowest BCUT2D eigenvalue weighted by Crippen LogP contribution is -2.44. The highest BCUT2D eigenvalue weighted by molar-refractivity contribution is 5.91. The maximum Gasteiger partial charge on any atom is 0.334 e. The molecule has 1 aliphatic heterocycles. The molecule has 1 heterocycles. The summed E-state index contributed by atoms with van der Waals surface area (Å²) in [5.74, 6) is -0.742. The summed E-state index contributed by atoms with van der Waals surface area (Å²) in [6.07, 6.45) is 4.48. The van der Waals surface area contributed by atoms with E-state index in [2.05, 4.69) is 6.58 Å². The number of esters is 1. The minimum absolute atomic E-state index is 0.102. The standard InChI is InChI=1S/C15H18O4/c1-8-5-6-15(18)10(7-16)3-4-11-9(2)14(17)19-13(11)12(8)15/h3,5,11-13,16,18H,2,4,6-7H2,1H3/t11-,12-,13-,15+/m0/s1. The molecule has 0 aromatic heterocycles. The number of aliphatic hydroxyl groups is 2. The van der Waals surface area contributed by atoms with Crippen molar-refractivity contribution in [2.45, 2.75) is 31.5 Å². The van der Waals surface area contributed by atoms with Gasteiger partial charge in [0.05, 0.1) is 12.5 Å². The number of carbonyl (C=O) groups excluding carboxylic acids is 1. The molecule has 2 N–H and O–H groups in total. The monoisotopic (exact) mass is 262 g/mol. The van der Waals surface area contributed by atoms with E-state index in [0.29, 0.717) is 24.0 Å². The number of carbonyl (C=O) groups is 1. The summed E-state index contributed by atoms with van der Waals surface area (Å²) in [6.45, 7) is 5.57. The van der Waals surface area contributed by atoms with Crippen molar-refractivity contribution >= 4 is 5.97 Å². The van der Waals surface area contributed by atoms with Crippen LogP contribution in [0.3, 0.4) is 0 Å². The lowest BCUT2D eigenvalue weighted by molar-refractivity contribution is -0.143. The van der Waals surface area contributed by atoms with E-state index in [1.165, 1.54) is 0 Å². The highest BCUT2D eigenvalue weighted by Gasteiger charge is 2.55. The lowest BCUT2D eigenvalue weighted by Gasteiger charge is -2.35. The maximum atomic E-state index is 11.7. The van der Waals surface area contributed by atoms with Gasteiger partial charge in [-0.3, -0.25) is 0 Å². The minimum atomic E-state index is -1.12. The van der Waals surface area contributed by atoms with Gasteiger partial charge in [0.2, 0.25) is 0 Å². The van der Waals surface area contributed by atoms with Gasteiger partial charge in [0.1, 0.15) is 11.7 Å². The van der Waals surface area contributed by atoms with Crippen molar-refractivity contribution in [2.24, 2.45) is 11.8 Å². The molecule has 19 heavy (non-hydrogen) atoms. The molecule has 1 saturated heterocycles. The third-order valence-electron chi connectivity index (χ3n) is 4.76. The Hall–Kier alpha value is -1.39. The molecule has 2 aliphatic carbocycles. The second kappa shape index (κ2) is 4.05. The normalized spacial score (nSPS) is 41.1. The van der Waals surface area contributed by atoms with Gasteiger partial charge in [0.25, 0.3) is 0 Å². The maximum absolute atomic E-state index is 11.7. The lowest BCUT2D eigenvalue weighted by atomic mass is 9.76. The summed E-state index contributed by atoms with van der Waals surface area (Å²) < 4.78 is 5.45. The van der Waals surface area contributed by atoms with E-state index in [1.54, 1.807) is 0 Å². The molecule has 102 valence electrons. The van der Waals surface area contributed by atoms with Crippen LogP contribution in [0.5, 0.6) is 0 Å². The summed E-state index contributed by atoms with van der Waals surface area (Å²) in [4.78, 5) is 11.7. The zero-order valence-electron chi connectivity index (χ0n) is 10.9. The zero-order valence-corrected chi connectivity index (χ0v) is 10.9. The topological polar surface area (TPSA) is 66.8 Å². The van der Waals surface area contributed by atoms with Crippen LogP contribution in [-0.2, 0) is 9.53 Å². The van der Waals surface area contributed by atoms with Crippen LogP contribution in [0.15, 0.2) is 35.5 Å². The predicted octanol–water partition coefficient (Wildman–Crippen LogP) is 1.10. The van der Waals surface area contributed by atoms with Gasteiger partial charge in [-0.2, -0.15) is 0 Å². The SMILES string of the molecule is C=C1C(=O)O[C@H]2[C@H]1CC=C(CO)[C@]1(O)CC=C(C)[C@@H]21. The minimum Gasteiger partial charge on any atom is -0.458 e. The molecule has 3 aliphatic rings. The quantitative estimate of drug-likeness (QED) is 0.422. The van der Waals surface area contributed by atoms with Crippen LogP contribution in [0.1, 0.15) is 19.8 Å². The Kier molecular flexibility index (Phi) is 2.69. The number of allylic oxidation sites excluding steroid dienone is 1. The third-order valence-corrected chi connectivity index (χ3v) is 4.76. The number of ether oxygens (including phenoxy) is 1. The van der Waals surface area contributed by atoms with Crippen molar-refractivity contribution in [3.8, 4) is 0 Å². The van der Waals surface area contributed by atoms with Gasteiger partial charge in [-0.05, 0) is 25.3 Å². The summed E-state index contributed by atoms with van der Waals surface area (Å²) in [6, 6.07) is 0. The summed E-state index contributed by atoms with van der Waals surface area (Å²) >= 11 is 0. The number of hydrogen-bond acceptors (Lipinski definition) is 4. The highest BCUT2D eigenvalue weighted by Crippen LogP contribution is 2.50. The average molecular weight is 262 g/mol. The molecule has 0 radical (unpaired) electrons. The molecule has 0 aromatic carbocycles. The molecule has 0 saturated carbocycles. The Morgan fingerprint density at radius 3 is 2.95 bits per heavy atom. The Balaban J connectivity index is 2.09. The van der Waals surface area contributed by atoms with Gasteiger partial charge in [0.15, 0.2) is 0 Å². The molecule has 4 atom stereocenters. The van der Waals surface area contributed by atoms with E-state index in [0.717, 1.165) is 5.57 Å². The molecule has 0 amide bonds. The van der Waals surface area contributed by atoms with Crippen molar-refractivity contribution in [1.82, 2.24) is 0 Å². The molecule has 0 spiro atoms. The molecule has 0 aromatic rings. The van der Waals surface area contributed by atoms with Crippen LogP contribution < -0.4 is 0 Å². The van der Waals surface area contributed by atoms with Crippen molar-refractivity contribution in [1.29, 1.82) is 0 Å². The first-order chi connectivity index (χ1) is 8.99. The fourth-order valence-corrected chi connectivity index (χ4v) is 3.66. The van der Waals surface area contributed by atoms with Gasteiger partial charge in [-0.15, -0.1) is 0 Å². The van der Waals surface area contributed by atoms with Crippen molar-refractivity contribution in [3.63, 3.8) is 0 Å². The molecular formula is C15H18O4. The van der Waals surface area contributed by atoms with Crippen molar-refractivity contribution in [3.05, 3.63) is 35.5 Å². The van der Waals surface area contributed by atoms with Gasteiger partial charge in [-0.1, -0.05) is 24.3 Å². The van der Waals surface area contributed by atoms with Gasteiger partial charge < -0.3 is 14.9 Å². The highest BCUT2D eigenvalue weighted by atomic mass is 16.6. The number of aliphatic hydroxyl groups excluding tert-OH is 1. The largest absolute Gasteiger partial charge is 0.458 e. The van der Waals surface area contributed by atoms with Crippen LogP contribution >= 0.6 is 0 Å². The Morgan fingerprint density at radius 2 is 2.26 bits per heavy atom. The van der Waals surface area contributed by atoms with Crippen molar-refractivity contribution < 1.29 is 19.7 Å². The van der Waals surface area contributed by atoms with Crippen LogP contribution in [0, 0.1) is 11.8 Å². The van der Waals surface area contributed by atoms with Gasteiger partial charge in [0, 0.05) is 11.5 Å². The fraction of sp³-hybridized carbons (Fsp3) is 0.533. The first-order valence-corrected chi connectivity index (χ1v) is 6.58. The Bertz CT molecular complexity index is 516. The van der Waals surface area contributed by atoms with E-state index >= 15 is 0 Å². The summed E-state index contributed by atoms with van der Waals surface area (Å²) in [5, 5.41) is 20.5. The van der Waals surface area contributed by atoms with Crippen LogP contribution in [-0.4, -0.2) is 34.5 Å². The second-order valence-electron chi connectivity index (χ2n) is 5.68. The van der Waals surface area contributed by atoms with E-state index in [9.17, 15) is 15.0 Å². The van der Waals surface area contributed by atoms with E-state index < -0.39 is 5.60 Å². The van der Waals surface area contributed by atoms with E-state index in [-0.39, 0.29) is 30.5 Å². The van der Waals surface area contributed by atoms with Crippen LogP contribution in [0.2, 0.25) is 0 Å². The fourth-order valence-electron chi connectivity index (χ4n) is 3.66. The van der Waals surface area contributed by atoms with E-state index in [4.69, 9.17) is 4.74 Å². The molecule has 3 rings (SSSR count). The van der Waals surface area contributed by atoms with Gasteiger partial charge >= 0.3 is 5.97 Å². The Labute approximate surface area is 112 Å².